The first-order chi connectivity index (χ1) is 11.3. The lowest BCUT2D eigenvalue weighted by Gasteiger charge is -2.32. The van der Waals surface area contributed by atoms with Gasteiger partial charge in [0.1, 0.15) is 11.4 Å². The summed E-state index contributed by atoms with van der Waals surface area (Å²) in [5.74, 6) is -0.251. The summed E-state index contributed by atoms with van der Waals surface area (Å²) in [7, 11) is 0. The van der Waals surface area contributed by atoms with Crippen molar-refractivity contribution >= 4 is 6.09 Å². The van der Waals surface area contributed by atoms with Crippen LogP contribution in [0.3, 0.4) is 0 Å². The molecule has 0 spiro atoms. The summed E-state index contributed by atoms with van der Waals surface area (Å²) >= 11 is 0. The summed E-state index contributed by atoms with van der Waals surface area (Å²) in [5, 5.41) is 0. The molecule has 0 aromatic heterocycles. The third kappa shape index (κ3) is 3.58. The molecule has 1 heterocycles. The fourth-order valence-corrected chi connectivity index (χ4v) is 2.96. The van der Waals surface area contributed by atoms with Gasteiger partial charge >= 0.3 is 6.09 Å². The number of carbonyl (C=O) groups is 1. The van der Waals surface area contributed by atoms with E-state index in [1.165, 1.54) is 17.7 Å². The van der Waals surface area contributed by atoms with Gasteiger partial charge in [-0.1, -0.05) is 30.3 Å². The first kappa shape index (κ1) is 16.5. The predicted octanol–water partition coefficient (Wildman–Crippen LogP) is 4.79. The fraction of sp³-hybridized carbons (Fsp3) is 0.350. The van der Waals surface area contributed by atoms with Gasteiger partial charge in [0, 0.05) is 13.1 Å². The Balaban J connectivity index is 1.90. The van der Waals surface area contributed by atoms with Gasteiger partial charge in [0.05, 0.1) is 0 Å². The van der Waals surface area contributed by atoms with E-state index < -0.39 is 5.60 Å². The van der Waals surface area contributed by atoms with Gasteiger partial charge < -0.3 is 9.64 Å². The largest absolute Gasteiger partial charge is 0.444 e. The molecule has 1 amide bonds. The van der Waals surface area contributed by atoms with Crippen molar-refractivity contribution in [3.63, 3.8) is 0 Å². The van der Waals surface area contributed by atoms with Crippen LogP contribution in [-0.2, 0) is 17.7 Å². The van der Waals surface area contributed by atoms with E-state index in [0.29, 0.717) is 13.1 Å². The molecule has 0 fully saturated rings. The molecule has 0 radical (unpaired) electrons. The van der Waals surface area contributed by atoms with E-state index in [2.05, 4.69) is 6.07 Å². The molecule has 3 rings (SSSR count). The van der Waals surface area contributed by atoms with Crippen LogP contribution in [0.4, 0.5) is 9.18 Å². The minimum atomic E-state index is -0.506. The summed E-state index contributed by atoms with van der Waals surface area (Å²) in [4.78, 5) is 14.1. The SMILES string of the molecule is CC(C)(C)OC(=O)N1CCc2cccc(-c3ccc(F)cc3)c2C1. The molecule has 2 aromatic carbocycles. The Labute approximate surface area is 142 Å². The van der Waals surface area contributed by atoms with Gasteiger partial charge in [0.15, 0.2) is 0 Å². The number of hydrogen-bond donors (Lipinski definition) is 0. The Morgan fingerprint density at radius 1 is 1.12 bits per heavy atom. The van der Waals surface area contributed by atoms with Crippen molar-refractivity contribution in [1.29, 1.82) is 0 Å². The van der Waals surface area contributed by atoms with Crippen LogP contribution in [-0.4, -0.2) is 23.1 Å². The van der Waals surface area contributed by atoms with E-state index in [0.717, 1.165) is 23.1 Å². The Kier molecular flexibility index (Phi) is 4.31. The zero-order chi connectivity index (χ0) is 17.3. The highest BCUT2D eigenvalue weighted by molar-refractivity contribution is 5.72. The molecule has 0 saturated heterocycles. The van der Waals surface area contributed by atoms with Gasteiger partial charge in [-0.05, 0) is 61.6 Å². The average molecular weight is 327 g/mol. The number of carbonyl (C=O) groups excluding carboxylic acids is 1. The number of ether oxygens (including phenoxy) is 1. The molecule has 2 aromatic rings. The smallest absolute Gasteiger partial charge is 0.410 e. The summed E-state index contributed by atoms with van der Waals surface area (Å²) in [6.45, 7) is 6.76. The van der Waals surface area contributed by atoms with Crippen LogP contribution < -0.4 is 0 Å². The van der Waals surface area contributed by atoms with Crippen LogP contribution in [0, 0.1) is 5.82 Å². The van der Waals surface area contributed by atoms with E-state index in [1.807, 2.05) is 32.9 Å². The predicted molar refractivity (Wildman–Crippen MR) is 92.2 cm³/mol. The second-order valence-electron chi connectivity index (χ2n) is 7.10. The van der Waals surface area contributed by atoms with Crippen LogP contribution >= 0.6 is 0 Å². The maximum Gasteiger partial charge on any atom is 0.410 e. The second-order valence-corrected chi connectivity index (χ2v) is 7.10. The Morgan fingerprint density at radius 3 is 2.50 bits per heavy atom. The third-order valence-electron chi connectivity index (χ3n) is 4.08. The number of nitrogens with zero attached hydrogens (tertiary/aromatic N) is 1. The molecule has 126 valence electrons. The van der Waals surface area contributed by atoms with Gasteiger partial charge in [-0.2, -0.15) is 0 Å². The maximum absolute atomic E-state index is 13.2. The monoisotopic (exact) mass is 327 g/mol. The quantitative estimate of drug-likeness (QED) is 0.754. The van der Waals surface area contributed by atoms with Gasteiger partial charge in [-0.25, -0.2) is 9.18 Å². The van der Waals surface area contributed by atoms with E-state index >= 15 is 0 Å². The second kappa shape index (κ2) is 6.27. The zero-order valence-electron chi connectivity index (χ0n) is 14.3. The van der Waals surface area contributed by atoms with Crippen LogP contribution in [0.2, 0.25) is 0 Å². The van der Waals surface area contributed by atoms with E-state index in [1.54, 1.807) is 17.0 Å². The third-order valence-corrected chi connectivity index (χ3v) is 4.08. The van der Waals surface area contributed by atoms with Crippen molar-refractivity contribution in [2.75, 3.05) is 6.54 Å². The Bertz CT molecular complexity index is 747. The molecule has 0 saturated carbocycles. The maximum atomic E-state index is 13.2. The van der Waals surface area contributed by atoms with Crippen molar-refractivity contribution in [2.24, 2.45) is 0 Å². The zero-order valence-corrected chi connectivity index (χ0v) is 14.3. The minimum absolute atomic E-state index is 0.251. The first-order valence-corrected chi connectivity index (χ1v) is 8.18. The molecule has 0 unspecified atom stereocenters. The Hall–Kier alpha value is -2.36. The summed E-state index contributed by atoms with van der Waals surface area (Å²) in [6, 6.07) is 12.6. The molecule has 1 aliphatic rings. The van der Waals surface area contributed by atoms with Gasteiger partial charge in [-0.3, -0.25) is 0 Å². The van der Waals surface area contributed by atoms with Crippen LogP contribution in [0.1, 0.15) is 31.9 Å². The van der Waals surface area contributed by atoms with Crippen molar-refractivity contribution in [3.8, 4) is 11.1 Å². The van der Waals surface area contributed by atoms with E-state index in [4.69, 9.17) is 4.74 Å². The highest BCUT2D eigenvalue weighted by Crippen LogP contribution is 2.31. The fourth-order valence-electron chi connectivity index (χ4n) is 2.96. The highest BCUT2D eigenvalue weighted by atomic mass is 19.1. The standard InChI is InChI=1S/C20H22FNO2/c1-20(2,3)24-19(23)22-12-11-14-5-4-6-17(18(14)13-22)15-7-9-16(21)10-8-15/h4-10H,11-13H2,1-3H3. The summed E-state index contributed by atoms with van der Waals surface area (Å²) in [5.41, 5.74) is 3.84. The Morgan fingerprint density at radius 2 is 1.83 bits per heavy atom. The topological polar surface area (TPSA) is 29.5 Å². The van der Waals surface area contributed by atoms with Gasteiger partial charge in [-0.15, -0.1) is 0 Å². The highest BCUT2D eigenvalue weighted by Gasteiger charge is 2.27. The van der Waals surface area contributed by atoms with Gasteiger partial charge in [0.2, 0.25) is 0 Å². The summed E-state index contributed by atoms with van der Waals surface area (Å²) in [6.07, 6.45) is 0.505. The van der Waals surface area contributed by atoms with Crippen LogP contribution in [0.5, 0.6) is 0 Å². The number of amides is 1. The molecular weight excluding hydrogens is 305 g/mol. The molecule has 0 N–H and O–H groups in total. The molecule has 1 aliphatic heterocycles. The number of benzene rings is 2. The molecular formula is C20H22FNO2. The first-order valence-electron chi connectivity index (χ1n) is 8.18. The average Bonchev–Trinajstić information content (AvgIpc) is 2.53. The lowest BCUT2D eigenvalue weighted by atomic mass is 9.91. The number of fused-ring (bicyclic) bond motifs is 1. The van der Waals surface area contributed by atoms with Gasteiger partial charge in [0.25, 0.3) is 0 Å². The van der Waals surface area contributed by atoms with Crippen molar-refractivity contribution < 1.29 is 13.9 Å². The van der Waals surface area contributed by atoms with Crippen molar-refractivity contribution in [3.05, 3.63) is 59.4 Å². The number of hydrogen-bond acceptors (Lipinski definition) is 2. The van der Waals surface area contributed by atoms with Crippen molar-refractivity contribution in [2.45, 2.75) is 39.3 Å². The lowest BCUT2D eigenvalue weighted by Crippen LogP contribution is -2.40. The number of halogens is 1. The molecule has 24 heavy (non-hydrogen) atoms. The molecule has 0 aliphatic carbocycles. The molecule has 0 atom stereocenters. The molecule has 3 nitrogen and oxygen atoms in total. The number of rotatable bonds is 1. The van der Waals surface area contributed by atoms with E-state index in [-0.39, 0.29) is 11.9 Å². The van der Waals surface area contributed by atoms with Crippen molar-refractivity contribution in [1.82, 2.24) is 4.90 Å². The molecule has 0 bridgehead atoms. The molecule has 4 heteroatoms. The van der Waals surface area contributed by atoms with Crippen LogP contribution in [0.15, 0.2) is 42.5 Å². The lowest BCUT2D eigenvalue weighted by molar-refractivity contribution is 0.0224. The normalized spacial score (nSPS) is 14.2. The van der Waals surface area contributed by atoms with Crippen LogP contribution in [0.25, 0.3) is 11.1 Å². The summed E-state index contributed by atoms with van der Waals surface area (Å²) < 4.78 is 18.7. The van der Waals surface area contributed by atoms with E-state index in [9.17, 15) is 9.18 Å². The minimum Gasteiger partial charge on any atom is -0.444 e.